The van der Waals surface area contributed by atoms with Crippen molar-refractivity contribution in [3.8, 4) is 0 Å². The van der Waals surface area contributed by atoms with Crippen LogP contribution in [0.2, 0.25) is 0 Å². The summed E-state index contributed by atoms with van der Waals surface area (Å²) in [6.07, 6.45) is 1.59. The van der Waals surface area contributed by atoms with Crippen molar-refractivity contribution < 1.29 is 13.2 Å². The Balaban J connectivity index is 2.22. The summed E-state index contributed by atoms with van der Waals surface area (Å²) in [6, 6.07) is 0. The summed E-state index contributed by atoms with van der Waals surface area (Å²) in [5.74, 6) is 0.295. The van der Waals surface area contributed by atoms with Crippen molar-refractivity contribution in [3.63, 3.8) is 0 Å². The average Bonchev–Trinajstić information content (AvgIpc) is 2.39. The number of sulfone groups is 1. The first-order chi connectivity index (χ1) is 5.02. The monoisotopic (exact) mass is 176 g/mol. The van der Waals surface area contributed by atoms with E-state index >= 15 is 0 Å². The molecule has 4 heteroatoms. The first-order valence-corrected chi connectivity index (χ1v) is 5.20. The van der Waals surface area contributed by atoms with Crippen molar-refractivity contribution in [1.82, 2.24) is 0 Å². The van der Waals surface area contributed by atoms with Gasteiger partial charge in [-0.3, -0.25) is 0 Å². The number of ether oxygens (including phenoxy) is 1. The van der Waals surface area contributed by atoms with E-state index in [4.69, 9.17) is 4.74 Å². The summed E-state index contributed by atoms with van der Waals surface area (Å²) in [7, 11) is -2.71. The second kappa shape index (κ2) is 2.85. The Morgan fingerprint density at radius 2 is 2.18 bits per heavy atom. The zero-order chi connectivity index (χ0) is 8.48. The van der Waals surface area contributed by atoms with E-state index in [2.05, 4.69) is 0 Å². The molecule has 0 amide bonds. The summed E-state index contributed by atoms with van der Waals surface area (Å²) in [4.78, 5) is 0. The fraction of sp³-hybridized carbons (Fsp3) is 0.714. The van der Waals surface area contributed by atoms with Crippen LogP contribution < -0.4 is 0 Å². The van der Waals surface area contributed by atoms with Crippen molar-refractivity contribution in [2.45, 2.75) is 19.1 Å². The van der Waals surface area contributed by atoms with E-state index in [0.717, 1.165) is 5.57 Å². The molecule has 0 aromatic rings. The fourth-order valence-corrected chi connectivity index (χ4v) is 1.85. The van der Waals surface area contributed by atoms with Gasteiger partial charge in [-0.1, -0.05) is 0 Å². The summed E-state index contributed by atoms with van der Waals surface area (Å²) in [5.41, 5.74) is 1.04. The van der Waals surface area contributed by atoms with Crippen LogP contribution in [0.5, 0.6) is 0 Å². The van der Waals surface area contributed by atoms with Gasteiger partial charge in [-0.25, -0.2) is 8.42 Å². The van der Waals surface area contributed by atoms with Gasteiger partial charge in [0.05, 0.1) is 12.0 Å². The SMILES string of the molecule is CC(C)=COCC1CS1(=O)=O. The minimum absolute atomic E-state index is 0.238. The van der Waals surface area contributed by atoms with E-state index in [0.29, 0.717) is 12.4 Å². The molecular weight excluding hydrogens is 164 g/mol. The molecule has 0 radical (unpaired) electrons. The van der Waals surface area contributed by atoms with Crippen molar-refractivity contribution in [2.24, 2.45) is 0 Å². The van der Waals surface area contributed by atoms with Gasteiger partial charge >= 0.3 is 0 Å². The van der Waals surface area contributed by atoms with Crippen LogP contribution in [0.1, 0.15) is 13.8 Å². The normalized spacial score (nSPS) is 25.8. The van der Waals surface area contributed by atoms with Gasteiger partial charge in [-0.2, -0.15) is 0 Å². The Hall–Kier alpha value is -0.510. The number of allylic oxidation sites excluding steroid dienone is 1. The molecule has 0 aromatic heterocycles. The molecule has 0 saturated carbocycles. The van der Waals surface area contributed by atoms with Gasteiger partial charge in [0.25, 0.3) is 0 Å². The van der Waals surface area contributed by atoms with Gasteiger partial charge in [-0.15, -0.1) is 0 Å². The highest BCUT2D eigenvalue weighted by Gasteiger charge is 2.43. The lowest BCUT2D eigenvalue weighted by Gasteiger charge is -1.95. The van der Waals surface area contributed by atoms with Crippen LogP contribution in [0.25, 0.3) is 0 Å². The van der Waals surface area contributed by atoms with Gasteiger partial charge in [0.1, 0.15) is 11.9 Å². The highest BCUT2D eigenvalue weighted by atomic mass is 32.2. The smallest absolute Gasteiger partial charge is 0.158 e. The highest BCUT2D eigenvalue weighted by molar-refractivity contribution is 7.99. The number of hydrogen-bond acceptors (Lipinski definition) is 3. The summed E-state index contributed by atoms with van der Waals surface area (Å²) in [5, 5.41) is -0.238. The maximum Gasteiger partial charge on any atom is 0.158 e. The molecule has 0 spiro atoms. The van der Waals surface area contributed by atoms with Crippen molar-refractivity contribution in [2.75, 3.05) is 12.4 Å². The fourth-order valence-electron chi connectivity index (χ4n) is 0.694. The van der Waals surface area contributed by atoms with Crippen LogP contribution in [-0.2, 0) is 14.6 Å². The Morgan fingerprint density at radius 3 is 2.55 bits per heavy atom. The Bertz CT molecular complexity index is 259. The third-order valence-corrected chi connectivity index (χ3v) is 3.17. The van der Waals surface area contributed by atoms with Crippen molar-refractivity contribution in [1.29, 1.82) is 0 Å². The van der Waals surface area contributed by atoms with Gasteiger partial charge in [0.15, 0.2) is 9.84 Å². The standard InChI is InChI=1S/C7H12O3S/c1-6(2)3-10-4-7-5-11(7,8)9/h3,7H,4-5H2,1-2H3. The van der Waals surface area contributed by atoms with Crippen molar-refractivity contribution in [3.05, 3.63) is 11.8 Å². The van der Waals surface area contributed by atoms with Gasteiger partial charge < -0.3 is 4.74 Å². The lowest BCUT2D eigenvalue weighted by Crippen LogP contribution is -1.98. The zero-order valence-corrected chi connectivity index (χ0v) is 7.52. The highest BCUT2D eigenvalue weighted by Crippen LogP contribution is 2.21. The maximum atomic E-state index is 10.6. The van der Waals surface area contributed by atoms with Crippen LogP contribution in [0.15, 0.2) is 11.8 Å². The minimum Gasteiger partial charge on any atom is -0.500 e. The molecule has 1 aliphatic heterocycles. The molecule has 0 aromatic carbocycles. The molecule has 64 valence electrons. The third kappa shape index (κ3) is 2.54. The predicted molar refractivity (Wildman–Crippen MR) is 43.0 cm³/mol. The molecule has 1 rings (SSSR count). The predicted octanol–water partition coefficient (Wildman–Crippen LogP) is 0.724. The lowest BCUT2D eigenvalue weighted by molar-refractivity contribution is 0.256. The van der Waals surface area contributed by atoms with E-state index < -0.39 is 9.84 Å². The van der Waals surface area contributed by atoms with E-state index in [1.165, 1.54) is 0 Å². The van der Waals surface area contributed by atoms with Gasteiger partial charge in [0, 0.05) is 0 Å². The van der Waals surface area contributed by atoms with Crippen LogP contribution >= 0.6 is 0 Å². The van der Waals surface area contributed by atoms with Crippen LogP contribution in [0.4, 0.5) is 0 Å². The third-order valence-electron chi connectivity index (χ3n) is 1.41. The van der Waals surface area contributed by atoms with Gasteiger partial charge in [0.2, 0.25) is 0 Å². The molecule has 0 bridgehead atoms. The molecule has 1 heterocycles. The van der Waals surface area contributed by atoms with E-state index in [-0.39, 0.29) is 5.25 Å². The molecular formula is C7H12O3S. The number of rotatable bonds is 3. The molecule has 0 N–H and O–H groups in total. The van der Waals surface area contributed by atoms with E-state index in [9.17, 15) is 8.42 Å². The molecule has 1 aliphatic rings. The molecule has 1 fully saturated rings. The number of hydrogen-bond donors (Lipinski definition) is 0. The van der Waals surface area contributed by atoms with E-state index in [1.54, 1.807) is 6.26 Å². The quantitative estimate of drug-likeness (QED) is 0.470. The molecule has 1 unspecified atom stereocenters. The summed E-state index contributed by atoms with van der Waals surface area (Å²) >= 11 is 0. The molecule has 1 atom stereocenters. The Labute approximate surface area is 67.0 Å². The first-order valence-electron chi connectivity index (χ1n) is 3.49. The Morgan fingerprint density at radius 1 is 1.64 bits per heavy atom. The summed E-state index contributed by atoms with van der Waals surface area (Å²) < 4.78 is 26.3. The van der Waals surface area contributed by atoms with Crippen LogP contribution in [0.3, 0.4) is 0 Å². The van der Waals surface area contributed by atoms with E-state index in [1.807, 2.05) is 13.8 Å². The second-order valence-corrected chi connectivity index (χ2v) is 5.31. The van der Waals surface area contributed by atoms with Crippen molar-refractivity contribution >= 4 is 9.84 Å². The van der Waals surface area contributed by atoms with Crippen LogP contribution in [0, 0.1) is 0 Å². The second-order valence-electron chi connectivity index (χ2n) is 2.98. The summed E-state index contributed by atoms with van der Waals surface area (Å²) in [6.45, 7) is 4.12. The molecule has 1 saturated heterocycles. The lowest BCUT2D eigenvalue weighted by atomic mass is 10.4. The maximum absolute atomic E-state index is 10.6. The largest absolute Gasteiger partial charge is 0.500 e. The minimum atomic E-state index is -2.71. The molecule has 11 heavy (non-hydrogen) atoms. The Kier molecular flexibility index (Phi) is 2.23. The van der Waals surface area contributed by atoms with Crippen LogP contribution in [-0.4, -0.2) is 26.0 Å². The zero-order valence-electron chi connectivity index (χ0n) is 6.70. The average molecular weight is 176 g/mol. The topological polar surface area (TPSA) is 43.4 Å². The van der Waals surface area contributed by atoms with Gasteiger partial charge in [-0.05, 0) is 19.4 Å². The molecule has 3 nitrogen and oxygen atoms in total. The first kappa shape index (κ1) is 8.59. The molecule has 0 aliphatic carbocycles.